The second-order valence-electron chi connectivity index (χ2n) is 6.53. The standard InChI is InChI=1S/C18H19N3O3S/c22-16(15-12-13-4-1-2-5-14(13)25-15)20-10-6-18(7-11-20,17(23)24)21-9-3-8-19-21/h1-5,8-9,15H,6-7,10-12H2,(H,23,24). The summed E-state index contributed by atoms with van der Waals surface area (Å²) in [5, 5.41) is 13.8. The van der Waals surface area contributed by atoms with Crippen molar-refractivity contribution in [3.63, 3.8) is 0 Å². The van der Waals surface area contributed by atoms with Crippen LogP contribution in [0, 0.1) is 0 Å². The van der Waals surface area contributed by atoms with Crippen LogP contribution in [0.5, 0.6) is 0 Å². The third kappa shape index (κ3) is 2.72. The predicted molar refractivity (Wildman–Crippen MR) is 93.4 cm³/mol. The zero-order valence-corrected chi connectivity index (χ0v) is 14.5. The first-order chi connectivity index (χ1) is 12.1. The molecule has 1 aromatic heterocycles. The minimum Gasteiger partial charge on any atom is -0.479 e. The first-order valence-corrected chi connectivity index (χ1v) is 9.25. The van der Waals surface area contributed by atoms with Gasteiger partial charge < -0.3 is 10.0 Å². The Morgan fingerprint density at radius 3 is 2.60 bits per heavy atom. The first-order valence-electron chi connectivity index (χ1n) is 8.37. The number of aromatic nitrogens is 2. The number of benzene rings is 1. The Kier molecular flexibility index (Phi) is 4.03. The predicted octanol–water partition coefficient (Wildman–Crippen LogP) is 2.00. The Morgan fingerprint density at radius 1 is 1.20 bits per heavy atom. The van der Waals surface area contributed by atoms with Crippen LogP contribution in [-0.4, -0.2) is 50.0 Å². The van der Waals surface area contributed by atoms with Crippen molar-refractivity contribution < 1.29 is 14.7 Å². The molecule has 1 fully saturated rings. The van der Waals surface area contributed by atoms with E-state index in [1.165, 1.54) is 15.1 Å². The monoisotopic (exact) mass is 357 g/mol. The van der Waals surface area contributed by atoms with E-state index in [1.807, 2.05) is 17.0 Å². The molecule has 1 atom stereocenters. The smallest absolute Gasteiger partial charge is 0.331 e. The lowest BCUT2D eigenvalue weighted by molar-refractivity contribution is -0.153. The van der Waals surface area contributed by atoms with Gasteiger partial charge in [0, 0.05) is 43.2 Å². The molecule has 25 heavy (non-hydrogen) atoms. The van der Waals surface area contributed by atoms with Crippen molar-refractivity contribution in [3.05, 3.63) is 48.3 Å². The summed E-state index contributed by atoms with van der Waals surface area (Å²) in [4.78, 5) is 27.7. The number of carbonyl (C=O) groups is 2. The Labute approximate surface area is 149 Å². The summed E-state index contributed by atoms with van der Waals surface area (Å²) in [5.41, 5.74) is 0.172. The number of hydrogen-bond acceptors (Lipinski definition) is 4. The molecule has 2 aliphatic heterocycles. The molecule has 2 aliphatic rings. The molecule has 130 valence electrons. The molecular formula is C18H19N3O3S. The van der Waals surface area contributed by atoms with Gasteiger partial charge in [0.25, 0.3) is 0 Å². The van der Waals surface area contributed by atoms with E-state index in [2.05, 4.69) is 17.2 Å². The molecule has 1 saturated heterocycles. The molecule has 3 heterocycles. The number of hydrogen-bond donors (Lipinski definition) is 1. The van der Waals surface area contributed by atoms with Crippen molar-refractivity contribution in [2.45, 2.75) is 34.9 Å². The zero-order chi connectivity index (χ0) is 17.4. The quantitative estimate of drug-likeness (QED) is 0.909. The average Bonchev–Trinajstić information content (AvgIpc) is 3.30. The van der Waals surface area contributed by atoms with Gasteiger partial charge in [0.15, 0.2) is 5.54 Å². The van der Waals surface area contributed by atoms with E-state index in [1.54, 1.807) is 30.2 Å². The number of aliphatic carboxylic acids is 1. The highest BCUT2D eigenvalue weighted by Gasteiger charge is 2.45. The number of rotatable bonds is 3. The Bertz CT molecular complexity index is 773. The summed E-state index contributed by atoms with van der Waals surface area (Å²) >= 11 is 1.62. The summed E-state index contributed by atoms with van der Waals surface area (Å²) in [6, 6.07) is 9.84. The van der Waals surface area contributed by atoms with Crippen LogP contribution in [0.3, 0.4) is 0 Å². The molecule has 7 heteroatoms. The second kappa shape index (κ2) is 6.22. The molecule has 2 aromatic rings. The third-order valence-electron chi connectivity index (χ3n) is 5.17. The number of amides is 1. The lowest BCUT2D eigenvalue weighted by atomic mass is 9.87. The Balaban J connectivity index is 1.45. The lowest BCUT2D eigenvalue weighted by Crippen LogP contribution is -2.53. The topological polar surface area (TPSA) is 75.4 Å². The van der Waals surface area contributed by atoms with Gasteiger partial charge in [0.1, 0.15) is 0 Å². The summed E-state index contributed by atoms with van der Waals surface area (Å²) in [7, 11) is 0. The van der Waals surface area contributed by atoms with E-state index >= 15 is 0 Å². The number of piperidine rings is 1. The van der Waals surface area contributed by atoms with Crippen molar-refractivity contribution >= 4 is 23.6 Å². The van der Waals surface area contributed by atoms with Crippen molar-refractivity contribution in [1.29, 1.82) is 0 Å². The molecule has 1 amide bonds. The van der Waals surface area contributed by atoms with Gasteiger partial charge in [-0.3, -0.25) is 9.48 Å². The summed E-state index contributed by atoms with van der Waals surface area (Å²) < 4.78 is 1.53. The fourth-order valence-corrected chi connectivity index (χ4v) is 4.96. The molecule has 0 radical (unpaired) electrons. The van der Waals surface area contributed by atoms with Crippen molar-refractivity contribution in [3.8, 4) is 0 Å². The van der Waals surface area contributed by atoms with Crippen molar-refractivity contribution in [2.24, 2.45) is 0 Å². The number of carboxylic acid groups (broad SMARTS) is 1. The van der Waals surface area contributed by atoms with Gasteiger partial charge in [-0.1, -0.05) is 18.2 Å². The SMILES string of the molecule is O=C(C1Cc2ccccc2S1)N1CCC(C(=O)O)(n2cccn2)CC1. The number of nitrogens with zero attached hydrogens (tertiary/aromatic N) is 3. The number of fused-ring (bicyclic) bond motifs is 1. The van der Waals surface area contributed by atoms with Crippen LogP contribution >= 0.6 is 11.8 Å². The van der Waals surface area contributed by atoms with E-state index in [9.17, 15) is 14.7 Å². The Hall–Kier alpha value is -2.28. The first kappa shape index (κ1) is 16.2. The highest BCUT2D eigenvalue weighted by molar-refractivity contribution is 8.01. The van der Waals surface area contributed by atoms with Crippen LogP contribution in [0.15, 0.2) is 47.6 Å². The number of carbonyl (C=O) groups excluding carboxylic acids is 1. The Morgan fingerprint density at radius 2 is 1.96 bits per heavy atom. The average molecular weight is 357 g/mol. The van der Waals surface area contributed by atoms with Gasteiger partial charge in [-0.05, 0) is 24.1 Å². The number of carboxylic acids is 1. The molecule has 1 unspecified atom stereocenters. The minimum absolute atomic E-state index is 0.0977. The van der Waals surface area contributed by atoms with E-state index < -0.39 is 11.5 Å². The minimum atomic E-state index is -1.05. The van der Waals surface area contributed by atoms with E-state index in [-0.39, 0.29) is 11.2 Å². The maximum Gasteiger partial charge on any atom is 0.331 e. The molecule has 6 nitrogen and oxygen atoms in total. The van der Waals surface area contributed by atoms with Crippen LogP contribution in [0.4, 0.5) is 0 Å². The van der Waals surface area contributed by atoms with Gasteiger partial charge in [0.2, 0.25) is 5.91 Å². The van der Waals surface area contributed by atoms with E-state index in [0.717, 1.165) is 6.42 Å². The molecule has 1 N–H and O–H groups in total. The number of likely N-dealkylation sites (tertiary alicyclic amines) is 1. The maximum atomic E-state index is 12.9. The second-order valence-corrected chi connectivity index (χ2v) is 7.78. The van der Waals surface area contributed by atoms with Crippen molar-refractivity contribution in [2.75, 3.05) is 13.1 Å². The molecule has 0 spiro atoms. The fraction of sp³-hybridized carbons (Fsp3) is 0.389. The van der Waals surface area contributed by atoms with Crippen LogP contribution in [0.1, 0.15) is 18.4 Å². The van der Waals surface area contributed by atoms with Crippen LogP contribution < -0.4 is 0 Å². The van der Waals surface area contributed by atoms with Crippen LogP contribution in [0.2, 0.25) is 0 Å². The van der Waals surface area contributed by atoms with Crippen LogP contribution in [-0.2, 0) is 21.5 Å². The van der Waals surface area contributed by atoms with Crippen LogP contribution in [0.25, 0.3) is 0 Å². The van der Waals surface area contributed by atoms with Gasteiger partial charge in [-0.2, -0.15) is 5.10 Å². The highest BCUT2D eigenvalue weighted by atomic mass is 32.2. The normalized spacial score (nSPS) is 21.8. The molecular weight excluding hydrogens is 338 g/mol. The lowest BCUT2D eigenvalue weighted by Gasteiger charge is -2.39. The van der Waals surface area contributed by atoms with Gasteiger partial charge in [-0.25, -0.2) is 4.79 Å². The highest BCUT2D eigenvalue weighted by Crippen LogP contribution is 2.38. The summed E-state index contributed by atoms with van der Waals surface area (Å²) in [5.74, 6) is -0.772. The maximum absolute atomic E-state index is 12.9. The van der Waals surface area contributed by atoms with Gasteiger partial charge in [0.05, 0.1) is 5.25 Å². The number of thioether (sulfide) groups is 1. The third-order valence-corrected chi connectivity index (χ3v) is 6.47. The molecule has 1 aromatic carbocycles. The zero-order valence-electron chi connectivity index (χ0n) is 13.7. The summed E-state index contributed by atoms with van der Waals surface area (Å²) in [6.45, 7) is 0.886. The molecule has 0 bridgehead atoms. The van der Waals surface area contributed by atoms with E-state index in [4.69, 9.17) is 0 Å². The molecule has 4 rings (SSSR count). The fourth-order valence-electron chi connectivity index (χ4n) is 3.68. The van der Waals surface area contributed by atoms with E-state index in [0.29, 0.717) is 25.9 Å². The molecule has 0 saturated carbocycles. The van der Waals surface area contributed by atoms with Gasteiger partial charge in [-0.15, -0.1) is 11.8 Å². The van der Waals surface area contributed by atoms with Crippen molar-refractivity contribution in [1.82, 2.24) is 14.7 Å². The largest absolute Gasteiger partial charge is 0.479 e. The summed E-state index contributed by atoms with van der Waals surface area (Å²) in [6.07, 6.45) is 4.78. The van der Waals surface area contributed by atoms with Gasteiger partial charge >= 0.3 is 5.97 Å². The molecule has 0 aliphatic carbocycles.